The summed E-state index contributed by atoms with van der Waals surface area (Å²) in [5.74, 6) is -0.713. The summed E-state index contributed by atoms with van der Waals surface area (Å²) in [6.45, 7) is 4.08. The Hall–Kier alpha value is -2.48. The van der Waals surface area contributed by atoms with Gasteiger partial charge in [0.05, 0.1) is 15.5 Å². The molecule has 2 aromatic rings. The molecule has 0 spiro atoms. The second-order valence-corrected chi connectivity index (χ2v) is 7.09. The number of halogens is 1. The van der Waals surface area contributed by atoms with Gasteiger partial charge in [0.1, 0.15) is 0 Å². The van der Waals surface area contributed by atoms with Gasteiger partial charge in [-0.25, -0.2) is 8.42 Å². The van der Waals surface area contributed by atoms with E-state index in [4.69, 9.17) is 0 Å². The maximum Gasteiger partial charge on any atom is 0.306 e. The van der Waals surface area contributed by atoms with E-state index in [-0.39, 0.29) is 10.6 Å². The number of benzene rings is 2. The van der Waals surface area contributed by atoms with Gasteiger partial charge in [0.25, 0.3) is 10.0 Å². The van der Waals surface area contributed by atoms with Crippen LogP contribution in [0.1, 0.15) is 31.7 Å². The topological polar surface area (TPSA) is 89.3 Å². The Morgan fingerprint density at radius 2 is 1.83 bits per heavy atom. The van der Waals surface area contributed by atoms with Crippen molar-refractivity contribution < 1.29 is 17.7 Å². The van der Waals surface area contributed by atoms with Crippen molar-refractivity contribution in [3.05, 3.63) is 64.0 Å². The van der Waals surface area contributed by atoms with E-state index in [1.807, 2.05) is 13.8 Å². The molecule has 0 saturated carbocycles. The summed E-state index contributed by atoms with van der Waals surface area (Å²) in [5.41, 5.74) is 0.158. The number of rotatable bonds is 6. The van der Waals surface area contributed by atoms with E-state index in [2.05, 4.69) is 4.72 Å². The molecule has 0 aliphatic carbocycles. The molecule has 2 rings (SSSR count). The first-order valence-corrected chi connectivity index (χ1v) is 8.79. The van der Waals surface area contributed by atoms with Crippen molar-refractivity contribution in [2.75, 3.05) is 4.72 Å². The summed E-state index contributed by atoms with van der Waals surface area (Å²) in [7, 11) is -3.91. The molecule has 0 bridgehead atoms. The lowest BCUT2D eigenvalue weighted by Crippen LogP contribution is -2.13. The van der Waals surface area contributed by atoms with Crippen LogP contribution < -0.4 is 4.72 Å². The maximum absolute atomic E-state index is 13.3. The highest BCUT2D eigenvalue weighted by Gasteiger charge is 2.19. The van der Waals surface area contributed by atoms with Crippen molar-refractivity contribution in [3.8, 4) is 0 Å². The molecule has 24 heavy (non-hydrogen) atoms. The maximum atomic E-state index is 13.3. The van der Waals surface area contributed by atoms with Crippen molar-refractivity contribution >= 4 is 21.4 Å². The number of nitrogens with one attached hydrogen (secondary N) is 1. The van der Waals surface area contributed by atoms with E-state index in [1.54, 1.807) is 12.1 Å². The summed E-state index contributed by atoms with van der Waals surface area (Å²) in [5, 5.41) is 10.7. The lowest BCUT2D eigenvalue weighted by molar-refractivity contribution is -0.387. The largest absolute Gasteiger partial charge is 0.306 e. The van der Waals surface area contributed by atoms with Gasteiger partial charge in [0.15, 0.2) is 0 Å². The van der Waals surface area contributed by atoms with Crippen LogP contribution in [0.25, 0.3) is 0 Å². The molecule has 6 nitrogen and oxygen atoms in total. The SMILES string of the molecule is CC[C@H](C)c1ccc(S(=O)(=O)Nc2ccc(F)c([N+](=O)[O-])c2)cc1. The Morgan fingerprint density at radius 1 is 1.21 bits per heavy atom. The number of sulfonamides is 1. The smallest absolute Gasteiger partial charge is 0.279 e. The van der Waals surface area contributed by atoms with Gasteiger partial charge in [-0.05, 0) is 42.2 Å². The van der Waals surface area contributed by atoms with E-state index >= 15 is 0 Å². The molecule has 0 radical (unpaired) electrons. The van der Waals surface area contributed by atoms with Crippen molar-refractivity contribution in [1.82, 2.24) is 0 Å². The third-order valence-electron chi connectivity index (χ3n) is 3.77. The number of nitro benzene ring substituents is 1. The van der Waals surface area contributed by atoms with Gasteiger partial charge in [-0.1, -0.05) is 26.0 Å². The quantitative estimate of drug-likeness (QED) is 0.627. The first kappa shape index (κ1) is 17.9. The number of hydrogen-bond acceptors (Lipinski definition) is 4. The van der Waals surface area contributed by atoms with Crippen molar-refractivity contribution in [1.29, 1.82) is 0 Å². The van der Waals surface area contributed by atoms with Gasteiger partial charge in [-0.3, -0.25) is 14.8 Å². The average Bonchev–Trinajstić information content (AvgIpc) is 2.55. The first-order valence-electron chi connectivity index (χ1n) is 7.31. The fourth-order valence-electron chi connectivity index (χ4n) is 2.14. The van der Waals surface area contributed by atoms with Crippen LogP contribution in [0.2, 0.25) is 0 Å². The monoisotopic (exact) mass is 352 g/mol. The van der Waals surface area contributed by atoms with Crippen molar-refractivity contribution in [2.24, 2.45) is 0 Å². The highest BCUT2D eigenvalue weighted by Crippen LogP contribution is 2.25. The average molecular weight is 352 g/mol. The van der Waals surface area contributed by atoms with Crippen LogP contribution in [0.5, 0.6) is 0 Å². The molecule has 0 saturated heterocycles. The van der Waals surface area contributed by atoms with Gasteiger partial charge in [0, 0.05) is 6.07 Å². The van der Waals surface area contributed by atoms with Gasteiger partial charge in [-0.15, -0.1) is 0 Å². The highest BCUT2D eigenvalue weighted by atomic mass is 32.2. The molecule has 0 aliphatic heterocycles. The van der Waals surface area contributed by atoms with Crippen LogP contribution in [-0.4, -0.2) is 13.3 Å². The van der Waals surface area contributed by atoms with Crippen LogP contribution in [0.4, 0.5) is 15.8 Å². The zero-order valence-corrected chi connectivity index (χ0v) is 14.0. The second-order valence-electron chi connectivity index (χ2n) is 5.41. The van der Waals surface area contributed by atoms with E-state index in [0.717, 1.165) is 30.2 Å². The molecule has 0 heterocycles. The van der Waals surface area contributed by atoms with E-state index in [0.29, 0.717) is 5.92 Å². The zero-order valence-electron chi connectivity index (χ0n) is 13.2. The minimum atomic E-state index is -3.91. The number of anilines is 1. The molecule has 0 aliphatic rings. The predicted molar refractivity (Wildman–Crippen MR) is 89.0 cm³/mol. The second kappa shape index (κ2) is 6.96. The Balaban J connectivity index is 2.28. The molecule has 128 valence electrons. The first-order chi connectivity index (χ1) is 11.2. The zero-order chi connectivity index (χ0) is 17.9. The third kappa shape index (κ3) is 3.88. The molecule has 0 amide bonds. The lowest BCUT2D eigenvalue weighted by atomic mass is 9.99. The number of nitro groups is 1. The molecule has 2 aromatic carbocycles. The summed E-state index contributed by atoms with van der Waals surface area (Å²) in [6, 6.07) is 9.24. The normalized spacial score (nSPS) is 12.6. The van der Waals surface area contributed by atoms with Crippen molar-refractivity contribution in [2.45, 2.75) is 31.1 Å². The van der Waals surface area contributed by atoms with E-state index < -0.39 is 26.5 Å². The summed E-state index contributed by atoms with van der Waals surface area (Å²) >= 11 is 0. The van der Waals surface area contributed by atoms with Crippen molar-refractivity contribution in [3.63, 3.8) is 0 Å². The highest BCUT2D eigenvalue weighted by molar-refractivity contribution is 7.92. The van der Waals surface area contributed by atoms with Gasteiger partial charge in [-0.2, -0.15) is 4.39 Å². The summed E-state index contributed by atoms with van der Waals surface area (Å²) in [6.07, 6.45) is 0.934. The van der Waals surface area contributed by atoms with Gasteiger partial charge < -0.3 is 0 Å². The van der Waals surface area contributed by atoms with E-state index in [1.165, 1.54) is 12.1 Å². The molecule has 8 heteroatoms. The molecule has 1 N–H and O–H groups in total. The van der Waals surface area contributed by atoms with Crippen LogP contribution in [0, 0.1) is 15.9 Å². The molecule has 1 atom stereocenters. The van der Waals surface area contributed by atoms with Crippen LogP contribution in [-0.2, 0) is 10.0 Å². The Bertz CT molecular complexity index is 851. The number of hydrogen-bond donors (Lipinski definition) is 1. The lowest BCUT2D eigenvalue weighted by Gasteiger charge is -2.11. The molecular weight excluding hydrogens is 335 g/mol. The van der Waals surface area contributed by atoms with Gasteiger partial charge >= 0.3 is 5.69 Å². The predicted octanol–water partition coefficient (Wildman–Crippen LogP) is 4.05. The van der Waals surface area contributed by atoms with Gasteiger partial charge in [0.2, 0.25) is 5.82 Å². The van der Waals surface area contributed by atoms with E-state index in [9.17, 15) is 22.9 Å². The summed E-state index contributed by atoms with van der Waals surface area (Å²) in [4.78, 5) is 9.85. The van der Waals surface area contributed by atoms with Crippen LogP contribution in [0.15, 0.2) is 47.4 Å². The Kier molecular flexibility index (Phi) is 5.18. The standard InChI is InChI=1S/C16H17FN2O4S/c1-3-11(2)12-4-7-14(8-5-12)24(22,23)18-13-6-9-15(17)16(10-13)19(20)21/h4-11,18H,3H2,1-2H3/t11-/m0/s1. The van der Waals surface area contributed by atoms with Crippen LogP contribution in [0.3, 0.4) is 0 Å². The molecular formula is C16H17FN2O4S. The summed E-state index contributed by atoms with van der Waals surface area (Å²) < 4.78 is 40.2. The Labute approximate surface area is 139 Å². The fraction of sp³-hybridized carbons (Fsp3) is 0.250. The Morgan fingerprint density at radius 3 is 2.38 bits per heavy atom. The molecule has 0 aromatic heterocycles. The number of nitrogens with zero attached hydrogens (tertiary/aromatic N) is 1. The minimum absolute atomic E-state index is 0.0292. The third-order valence-corrected chi connectivity index (χ3v) is 5.16. The fourth-order valence-corrected chi connectivity index (χ4v) is 3.19. The minimum Gasteiger partial charge on any atom is -0.279 e. The molecule has 0 unspecified atom stereocenters. The van der Waals surface area contributed by atoms with Crippen LogP contribution >= 0.6 is 0 Å². The molecule has 0 fully saturated rings.